The van der Waals surface area contributed by atoms with Gasteiger partial charge in [0.1, 0.15) is 0 Å². The Morgan fingerprint density at radius 3 is 2.78 bits per heavy atom. The first-order valence-electron chi connectivity index (χ1n) is 2.63. The minimum atomic E-state index is 0.0149. The highest BCUT2D eigenvalue weighted by Gasteiger charge is 1.90. The number of nitrogens with one attached hydrogen (secondary N) is 1. The van der Waals surface area contributed by atoms with Crippen LogP contribution in [0.15, 0.2) is 17.6 Å². The van der Waals surface area contributed by atoms with Gasteiger partial charge in [0.05, 0.1) is 6.04 Å². The highest BCUT2D eigenvalue weighted by Crippen LogP contribution is 1.86. The number of guanidine groups is 1. The molecule has 0 radical (unpaired) electrons. The maximum atomic E-state index is 5.22. The van der Waals surface area contributed by atoms with Crippen molar-refractivity contribution in [3.8, 4) is 0 Å². The molecule has 0 spiro atoms. The molecule has 0 aromatic carbocycles. The van der Waals surface area contributed by atoms with E-state index in [-0.39, 0.29) is 12.0 Å². The van der Waals surface area contributed by atoms with Crippen molar-refractivity contribution in [3.63, 3.8) is 0 Å². The van der Waals surface area contributed by atoms with Gasteiger partial charge in [-0.3, -0.25) is 5.43 Å². The molecule has 0 rings (SSSR count). The highest BCUT2D eigenvalue weighted by atomic mass is 15.3. The minimum absolute atomic E-state index is 0.0149. The first kappa shape index (κ1) is 7.97. The van der Waals surface area contributed by atoms with E-state index in [1.54, 1.807) is 6.08 Å². The molecule has 0 amide bonds. The van der Waals surface area contributed by atoms with Crippen LogP contribution in [0, 0.1) is 0 Å². The maximum Gasteiger partial charge on any atom is 0.203 e. The zero-order valence-corrected chi connectivity index (χ0v) is 5.46. The van der Waals surface area contributed by atoms with Crippen LogP contribution in [0.3, 0.4) is 0 Å². The summed E-state index contributed by atoms with van der Waals surface area (Å²) >= 11 is 0. The number of hydrazine groups is 1. The van der Waals surface area contributed by atoms with Gasteiger partial charge in [-0.05, 0) is 6.92 Å². The quantitative estimate of drug-likeness (QED) is 0.152. The summed E-state index contributed by atoms with van der Waals surface area (Å²) in [4.78, 5) is 3.85. The van der Waals surface area contributed by atoms with Crippen LogP contribution < -0.4 is 17.0 Å². The Balaban J connectivity index is 3.78. The fourth-order valence-corrected chi connectivity index (χ4v) is 0.309. The van der Waals surface area contributed by atoms with Crippen LogP contribution in [0.4, 0.5) is 0 Å². The van der Waals surface area contributed by atoms with E-state index in [1.807, 2.05) is 6.92 Å². The van der Waals surface area contributed by atoms with Crippen LogP contribution >= 0.6 is 0 Å². The Labute approximate surface area is 54.6 Å². The smallest absolute Gasteiger partial charge is 0.203 e. The van der Waals surface area contributed by atoms with Gasteiger partial charge in [-0.1, -0.05) is 6.08 Å². The molecule has 4 nitrogen and oxygen atoms in total. The van der Waals surface area contributed by atoms with Gasteiger partial charge in [-0.15, -0.1) is 6.58 Å². The van der Waals surface area contributed by atoms with Crippen molar-refractivity contribution in [2.24, 2.45) is 16.6 Å². The van der Waals surface area contributed by atoms with E-state index in [0.29, 0.717) is 0 Å². The summed E-state index contributed by atoms with van der Waals surface area (Å²) in [6.45, 7) is 5.38. The molecule has 0 aliphatic rings. The fraction of sp³-hybridized carbons (Fsp3) is 0.400. The SMILES string of the molecule is C=CC(C)N=C(N)NN. The van der Waals surface area contributed by atoms with Crippen molar-refractivity contribution in [2.75, 3.05) is 0 Å². The molecule has 0 aromatic heterocycles. The highest BCUT2D eigenvalue weighted by molar-refractivity contribution is 5.77. The van der Waals surface area contributed by atoms with Crippen LogP contribution in [0.5, 0.6) is 0 Å². The normalized spacial score (nSPS) is 14.7. The zero-order valence-electron chi connectivity index (χ0n) is 5.46. The van der Waals surface area contributed by atoms with Crippen molar-refractivity contribution in [3.05, 3.63) is 12.7 Å². The van der Waals surface area contributed by atoms with Gasteiger partial charge in [-0.2, -0.15) is 0 Å². The summed E-state index contributed by atoms with van der Waals surface area (Å²) in [5.41, 5.74) is 7.43. The van der Waals surface area contributed by atoms with Gasteiger partial charge < -0.3 is 5.73 Å². The molecule has 0 saturated heterocycles. The Bertz CT molecular complexity index is 118. The van der Waals surface area contributed by atoms with Crippen molar-refractivity contribution in [1.29, 1.82) is 0 Å². The predicted molar refractivity (Wildman–Crippen MR) is 38.6 cm³/mol. The Hall–Kier alpha value is -1.03. The number of rotatable bonds is 2. The average molecular weight is 128 g/mol. The van der Waals surface area contributed by atoms with E-state index in [0.717, 1.165) is 0 Å². The molecular formula is C5H12N4. The number of nitrogens with two attached hydrogens (primary N) is 2. The van der Waals surface area contributed by atoms with Gasteiger partial charge in [0.15, 0.2) is 0 Å². The summed E-state index contributed by atoms with van der Waals surface area (Å²) in [7, 11) is 0. The van der Waals surface area contributed by atoms with Crippen LogP contribution in [0.1, 0.15) is 6.92 Å². The first-order valence-corrected chi connectivity index (χ1v) is 2.63. The molecule has 0 aliphatic heterocycles. The van der Waals surface area contributed by atoms with Crippen molar-refractivity contribution in [1.82, 2.24) is 5.43 Å². The number of hydrogen-bond acceptors (Lipinski definition) is 2. The predicted octanol–water partition coefficient (Wildman–Crippen LogP) is -0.661. The van der Waals surface area contributed by atoms with E-state index < -0.39 is 0 Å². The lowest BCUT2D eigenvalue weighted by atomic mass is 10.4. The van der Waals surface area contributed by atoms with E-state index in [4.69, 9.17) is 11.6 Å². The zero-order chi connectivity index (χ0) is 7.28. The molecule has 0 heterocycles. The third-order valence-corrected chi connectivity index (χ3v) is 0.832. The third-order valence-electron chi connectivity index (χ3n) is 0.832. The average Bonchev–Trinajstić information content (AvgIpc) is 1.87. The van der Waals surface area contributed by atoms with Crippen LogP contribution in [0.25, 0.3) is 0 Å². The maximum absolute atomic E-state index is 5.22. The van der Waals surface area contributed by atoms with Gasteiger partial charge in [0, 0.05) is 0 Å². The molecule has 0 saturated carbocycles. The number of hydrogen-bond donors (Lipinski definition) is 3. The molecule has 0 fully saturated rings. The molecular weight excluding hydrogens is 116 g/mol. The monoisotopic (exact) mass is 128 g/mol. The summed E-state index contributed by atoms with van der Waals surface area (Å²) in [5, 5.41) is 0. The van der Waals surface area contributed by atoms with Gasteiger partial charge >= 0.3 is 0 Å². The molecule has 52 valence electrons. The van der Waals surface area contributed by atoms with Crippen LogP contribution in [-0.2, 0) is 0 Å². The molecule has 1 atom stereocenters. The van der Waals surface area contributed by atoms with E-state index in [1.165, 1.54) is 0 Å². The summed E-state index contributed by atoms with van der Waals surface area (Å²) in [6.07, 6.45) is 1.67. The van der Waals surface area contributed by atoms with Crippen LogP contribution in [-0.4, -0.2) is 12.0 Å². The summed E-state index contributed by atoms with van der Waals surface area (Å²) in [6, 6.07) is 0.0149. The van der Waals surface area contributed by atoms with E-state index in [9.17, 15) is 0 Å². The summed E-state index contributed by atoms with van der Waals surface area (Å²) in [5.74, 6) is 5.16. The molecule has 0 aliphatic carbocycles. The van der Waals surface area contributed by atoms with E-state index in [2.05, 4.69) is 17.0 Å². The minimum Gasteiger partial charge on any atom is -0.369 e. The van der Waals surface area contributed by atoms with Crippen molar-refractivity contribution < 1.29 is 0 Å². The topological polar surface area (TPSA) is 76.4 Å². The second kappa shape index (κ2) is 3.91. The Morgan fingerprint density at radius 2 is 2.44 bits per heavy atom. The number of aliphatic imine (C=N–C) groups is 1. The molecule has 0 aromatic rings. The third kappa shape index (κ3) is 3.54. The van der Waals surface area contributed by atoms with Gasteiger partial charge in [-0.25, -0.2) is 10.8 Å². The second-order valence-electron chi connectivity index (χ2n) is 1.63. The molecule has 0 bridgehead atoms. The standard InChI is InChI=1S/C5H12N4/c1-3-4(2)8-5(6)9-7/h3-4H,1,7H2,2H3,(H3,6,8,9). The summed E-state index contributed by atoms with van der Waals surface area (Å²) < 4.78 is 0. The Kier molecular flexibility index (Phi) is 3.46. The fourth-order valence-electron chi connectivity index (χ4n) is 0.309. The van der Waals surface area contributed by atoms with Crippen molar-refractivity contribution >= 4 is 5.96 Å². The Morgan fingerprint density at radius 1 is 1.89 bits per heavy atom. The lowest BCUT2D eigenvalue weighted by Crippen LogP contribution is -2.37. The van der Waals surface area contributed by atoms with E-state index >= 15 is 0 Å². The van der Waals surface area contributed by atoms with Crippen LogP contribution in [0.2, 0.25) is 0 Å². The first-order chi connectivity index (χ1) is 4.20. The molecule has 4 heteroatoms. The lowest BCUT2D eigenvalue weighted by Gasteiger charge is -2.00. The molecule has 9 heavy (non-hydrogen) atoms. The molecule has 5 N–H and O–H groups in total. The lowest BCUT2D eigenvalue weighted by molar-refractivity contribution is 0.888. The molecule has 1 unspecified atom stereocenters. The van der Waals surface area contributed by atoms with Gasteiger partial charge in [0.25, 0.3) is 0 Å². The largest absolute Gasteiger partial charge is 0.369 e. The van der Waals surface area contributed by atoms with Crippen molar-refractivity contribution in [2.45, 2.75) is 13.0 Å². The van der Waals surface area contributed by atoms with Gasteiger partial charge in [0.2, 0.25) is 5.96 Å². The number of nitrogens with zero attached hydrogens (tertiary/aromatic N) is 1. The second-order valence-corrected chi connectivity index (χ2v) is 1.63.